The maximum absolute atomic E-state index is 13.2. The Hall–Kier alpha value is -2.24. The van der Waals surface area contributed by atoms with Crippen molar-refractivity contribution in [3.63, 3.8) is 0 Å². The van der Waals surface area contributed by atoms with E-state index in [2.05, 4.69) is 0 Å². The number of hydrogen-bond donors (Lipinski definition) is 0. The first-order valence-corrected chi connectivity index (χ1v) is 9.96. The third-order valence-electron chi connectivity index (χ3n) is 6.27. The van der Waals surface area contributed by atoms with Crippen molar-refractivity contribution >= 4 is 11.8 Å². The molecule has 1 aliphatic carbocycles. The van der Waals surface area contributed by atoms with Gasteiger partial charge < -0.3 is 19.3 Å². The number of carbonyl (C=O) groups is 2. The molecule has 2 saturated heterocycles. The fourth-order valence-corrected chi connectivity index (χ4v) is 4.70. The van der Waals surface area contributed by atoms with Crippen LogP contribution in [0.1, 0.15) is 49.4 Å². The Morgan fingerprint density at radius 2 is 1.89 bits per heavy atom. The zero-order valence-electron chi connectivity index (χ0n) is 16.1. The minimum atomic E-state index is 0.0237. The highest BCUT2D eigenvalue weighted by Crippen LogP contribution is 2.39. The molecule has 2 atom stereocenters. The van der Waals surface area contributed by atoms with Crippen LogP contribution in [-0.2, 0) is 4.79 Å². The monoisotopic (exact) mass is 372 g/mol. The van der Waals surface area contributed by atoms with Gasteiger partial charge in [0.15, 0.2) is 0 Å². The molecule has 2 heterocycles. The van der Waals surface area contributed by atoms with E-state index in [1.54, 1.807) is 20.1 Å². The maximum Gasteiger partial charge on any atom is 0.258 e. The maximum atomic E-state index is 13.2. The first kappa shape index (κ1) is 18.1. The molecule has 1 aromatic carbocycles. The number of methoxy groups -OCH3 is 1. The van der Waals surface area contributed by atoms with Crippen LogP contribution in [0.3, 0.4) is 0 Å². The lowest BCUT2D eigenvalue weighted by Crippen LogP contribution is -2.41. The average molecular weight is 372 g/mol. The van der Waals surface area contributed by atoms with Gasteiger partial charge in [0.1, 0.15) is 17.6 Å². The molecule has 0 aromatic heterocycles. The SMILES string of the molecule is COc1ccc(OC2CCN(C(C)=O)CC2)c(C(=O)N2C[C@H]3CC[C@H]2C3)c1. The molecule has 1 saturated carbocycles. The summed E-state index contributed by atoms with van der Waals surface area (Å²) in [7, 11) is 1.61. The van der Waals surface area contributed by atoms with Crippen LogP contribution in [0.25, 0.3) is 0 Å². The van der Waals surface area contributed by atoms with E-state index < -0.39 is 0 Å². The molecule has 6 heteroatoms. The number of fused-ring (bicyclic) bond motifs is 2. The van der Waals surface area contributed by atoms with Gasteiger partial charge in [-0.15, -0.1) is 0 Å². The summed E-state index contributed by atoms with van der Waals surface area (Å²) in [5, 5.41) is 0. The van der Waals surface area contributed by atoms with E-state index in [1.165, 1.54) is 6.42 Å². The fourth-order valence-electron chi connectivity index (χ4n) is 4.70. The summed E-state index contributed by atoms with van der Waals surface area (Å²) < 4.78 is 11.6. The highest BCUT2D eigenvalue weighted by Gasteiger charge is 2.41. The second-order valence-corrected chi connectivity index (χ2v) is 7.98. The van der Waals surface area contributed by atoms with E-state index in [0.717, 1.165) is 32.2 Å². The molecule has 6 nitrogen and oxygen atoms in total. The van der Waals surface area contributed by atoms with Crippen LogP contribution < -0.4 is 9.47 Å². The molecule has 0 radical (unpaired) electrons. The summed E-state index contributed by atoms with van der Waals surface area (Å²) >= 11 is 0. The van der Waals surface area contributed by atoms with Crippen molar-refractivity contribution in [2.45, 2.75) is 51.2 Å². The van der Waals surface area contributed by atoms with E-state index in [-0.39, 0.29) is 17.9 Å². The third kappa shape index (κ3) is 3.62. The number of carbonyl (C=O) groups excluding carboxylic acids is 2. The van der Waals surface area contributed by atoms with Gasteiger partial charge in [-0.2, -0.15) is 0 Å². The molecule has 146 valence electrons. The summed E-state index contributed by atoms with van der Waals surface area (Å²) in [6.45, 7) is 3.87. The molecular weight excluding hydrogens is 344 g/mol. The number of benzene rings is 1. The highest BCUT2D eigenvalue weighted by atomic mass is 16.5. The number of amides is 2. The van der Waals surface area contributed by atoms with Crippen LogP contribution in [0, 0.1) is 5.92 Å². The predicted molar refractivity (Wildman–Crippen MR) is 101 cm³/mol. The van der Waals surface area contributed by atoms with E-state index in [1.807, 2.05) is 21.9 Å². The smallest absolute Gasteiger partial charge is 0.258 e. The van der Waals surface area contributed by atoms with Crippen molar-refractivity contribution in [2.24, 2.45) is 5.92 Å². The molecule has 27 heavy (non-hydrogen) atoms. The first-order chi connectivity index (χ1) is 13.0. The molecular formula is C21H28N2O4. The Morgan fingerprint density at radius 3 is 2.48 bits per heavy atom. The van der Waals surface area contributed by atoms with Crippen molar-refractivity contribution in [1.82, 2.24) is 9.80 Å². The summed E-state index contributed by atoms with van der Waals surface area (Å²) in [5.41, 5.74) is 0.593. The van der Waals surface area contributed by atoms with Gasteiger partial charge in [0, 0.05) is 45.4 Å². The van der Waals surface area contributed by atoms with Gasteiger partial charge in [0.2, 0.25) is 5.91 Å². The second-order valence-electron chi connectivity index (χ2n) is 7.98. The Balaban J connectivity index is 1.51. The van der Waals surface area contributed by atoms with Crippen LogP contribution in [0.15, 0.2) is 18.2 Å². The normalized spacial score (nSPS) is 25.0. The van der Waals surface area contributed by atoms with Crippen LogP contribution in [0.2, 0.25) is 0 Å². The summed E-state index contributed by atoms with van der Waals surface area (Å²) in [6, 6.07) is 5.86. The fraction of sp³-hybridized carbons (Fsp3) is 0.619. The number of piperidine rings is 2. The van der Waals surface area contributed by atoms with Crippen molar-refractivity contribution in [3.8, 4) is 11.5 Å². The largest absolute Gasteiger partial charge is 0.497 e. The summed E-state index contributed by atoms with van der Waals surface area (Å²) in [5.74, 6) is 2.12. The van der Waals surface area contributed by atoms with Crippen molar-refractivity contribution in [1.29, 1.82) is 0 Å². The molecule has 3 fully saturated rings. The predicted octanol–water partition coefficient (Wildman–Crippen LogP) is 2.71. The van der Waals surface area contributed by atoms with Crippen LogP contribution in [0.4, 0.5) is 0 Å². The Morgan fingerprint density at radius 1 is 1.11 bits per heavy atom. The van der Waals surface area contributed by atoms with Gasteiger partial charge in [-0.05, 0) is 43.4 Å². The number of likely N-dealkylation sites (tertiary alicyclic amines) is 2. The van der Waals surface area contributed by atoms with E-state index in [0.29, 0.717) is 42.1 Å². The lowest BCUT2D eigenvalue weighted by molar-refractivity contribution is -0.130. The molecule has 2 bridgehead atoms. The minimum absolute atomic E-state index is 0.0237. The standard InChI is InChI=1S/C21H28N2O4/c1-14(24)22-9-7-17(8-10-22)27-20-6-5-18(26-2)12-19(20)21(25)23-13-15-3-4-16(23)11-15/h5-6,12,15-17H,3-4,7-11,13H2,1-2H3/t15-,16-/m0/s1. The summed E-state index contributed by atoms with van der Waals surface area (Å²) in [4.78, 5) is 28.6. The Labute approximate surface area is 160 Å². The van der Waals surface area contributed by atoms with Gasteiger partial charge in [-0.3, -0.25) is 9.59 Å². The van der Waals surface area contributed by atoms with E-state index in [4.69, 9.17) is 9.47 Å². The van der Waals surface area contributed by atoms with Crippen LogP contribution >= 0.6 is 0 Å². The Bertz CT molecular complexity index is 727. The van der Waals surface area contributed by atoms with Crippen molar-refractivity contribution in [2.75, 3.05) is 26.7 Å². The first-order valence-electron chi connectivity index (χ1n) is 9.96. The molecule has 2 amide bonds. The van der Waals surface area contributed by atoms with Crippen LogP contribution in [0.5, 0.6) is 11.5 Å². The third-order valence-corrected chi connectivity index (χ3v) is 6.27. The minimum Gasteiger partial charge on any atom is -0.497 e. The second kappa shape index (κ2) is 7.41. The lowest BCUT2D eigenvalue weighted by Gasteiger charge is -2.32. The van der Waals surface area contributed by atoms with E-state index >= 15 is 0 Å². The van der Waals surface area contributed by atoms with Gasteiger partial charge in [0.25, 0.3) is 5.91 Å². The number of hydrogen-bond acceptors (Lipinski definition) is 4. The molecule has 0 spiro atoms. The summed E-state index contributed by atoms with van der Waals surface area (Å²) in [6.07, 6.45) is 5.08. The van der Waals surface area contributed by atoms with Gasteiger partial charge in [-0.1, -0.05) is 0 Å². The number of rotatable bonds is 4. The highest BCUT2D eigenvalue weighted by molar-refractivity contribution is 5.98. The van der Waals surface area contributed by atoms with Gasteiger partial charge in [-0.25, -0.2) is 0 Å². The van der Waals surface area contributed by atoms with Gasteiger partial charge >= 0.3 is 0 Å². The topological polar surface area (TPSA) is 59.1 Å². The van der Waals surface area contributed by atoms with Crippen molar-refractivity contribution in [3.05, 3.63) is 23.8 Å². The van der Waals surface area contributed by atoms with Gasteiger partial charge in [0.05, 0.1) is 12.7 Å². The molecule has 3 aliphatic rings. The number of nitrogens with zero attached hydrogens (tertiary/aromatic N) is 2. The molecule has 0 N–H and O–H groups in total. The van der Waals surface area contributed by atoms with Crippen molar-refractivity contribution < 1.29 is 19.1 Å². The molecule has 4 rings (SSSR count). The zero-order valence-corrected chi connectivity index (χ0v) is 16.1. The number of ether oxygens (including phenoxy) is 2. The molecule has 2 aliphatic heterocycles. The Kier molecular flexibility index (Phi) is 4.98. The van der Waals surface area contributed by atoms with E-state index in [9.17, 15) is 9.59 Å². The zero-order chi connectivity index (χ0) is 19.0. The molecule has 1 aromatic rings. The van der Waals surface area contributed by atoms with Crippen LogP contribution in [-0.4, -0.2) is 60.5 Å². The average Bonchev–Trinajstić information content (AvgIpc) is 3.32. The quantitative estimate of drug-likeness (QED) is 0.815. The lowest BCUT2D eigenvalue weighted by atomic mass is 10.1. The molecule has 0 unspecified atom stereocenters.